The van der Waals surface area contributed by atoms with Crippen LogP contribution in [-0.2, 0) is 20.6 Å². The van der Waals surface area contributed by atoms with E-state index in [9.17, 15) is 13.2 Å². The van der Waals surface area contributed by atoms with Crippen LogP contribution >= 0.6 is 11.8 Å². The number of nitrogens with zero attached hydrogens (tertiary/aromatic N) is 1. The van der Waals surface area contributed by atoms with Gasteiger partial charge in [0, 0.05) is 24.9 Å². The lowest BCUT2D eigenvalue weighted by molar-refractivity contribution is -0.129. The van der Waals surface area contributed by atoms with Crippen LogP contribution in [0, 0.1) is 6.92 Å². The van der Waals surface area contributed by atoms with E-state index >= 15 is 0 Å². The Morgan fingerprint density at radius 3 is 2.50 bits per heavy atom. The van der Waals surface area contributed by atoms with Crippen LogP contribution in [-0.4, -0.2) is 44.1 Å². The third kappa shape index (κ3) is 5.83. The van der Waals surface area contributed by atoms with Crippen LogP contribution < -0.4 is 4.72 Å². The standard InChI is InChI=1S/C21H26N2O3S2/c1-17-6-5-7-18(14-17)15-27-16-21(24)23-12-10-19(11-13-23)22-28(25,26)20-8-3-2-4-9-20/h2-9,14,19,22H,10-13,15-16H2,1H3. The zero-order valence-corrected chi connectivity index (χ0v) is 17.6. The molecule has 1 aliphatic rings. The summed E-state index contributed by atoms with van der Waals surface area (Å²) in [5.41, 5.74) is 2.45. The van der Waals surface area contributed by atoms with Crippen molar-refractivity contribution in [3.63, 3.8) is 0 Å². The maximum absolute atomic E-state index is 12.4. The molecule has 28 heavy (non-hydrogen) atoms. The number of carbonyl (C=O) groups excluding carboxylic acids is 1. The van der Waals surface area contributed by atoms with Crippen molar-refractivity contribution in [2.24, 2.45) is 0 Å². The predicted octanol–water partition coefficient (Wildman–Crippen LogP) is 3.20. The Morgan fingerprint density at radius 2 is 1.82 bits per heavy atom. The van der Waals surface area contributed by atoms with Gasteiger partial charge in [0.15, 0.2) is 0 Å². The van der Waals surface area contributed by atoms with Gasteiger partial charge in [0.25, 0.3) is 0 Å². The molecule has 0 atom stereocenters. The Kier molecular flexibility index (Phi) is 7.15. The van der Waals surface area contributed by atoms with Gasteiger partial charge >= 0.3 is 0 Å². The number of nitrogens with one attached hydrogen (secondary N) is 1. The van der Waals surface area contributed by atoms with Gasteiger partial charge in [-0.15, -0.1) is 11.8 Å². The average molecular weight is 419 g/mol. The monoisotopic (exact) mass is 418 g/mol. The first-order chi connectivity index (χ1) is 13.4. The summed E-state index contributed by atoms with van der Waals surface area (Å²) in [6, 6.07) is 16.6. The molecular weight excluding hydrogens is 392 g/mol. The van der Waals surface area contributed by atoms with E-state index in [4.69, 9.17) is 0 Å². The Morgan fingerprint density at radius 1 is 1.11 bits per heavy atom. The highest BCUT2D eigenvalue weighted by Gasteiger charge is 2.26. The highest BCUT2D eigenvalue weighted by atomic mass is 32.2. The molecule has 1 aliphatic heterocycles. The maximum Gasteiger partial charge on any atom is 0.240 e. The zero-order chi connectivity index (χ0) is 20.0. The fourth-order valence-electron chi connectivity index (χ4n) is 3.28. The molecule has 0 aliphatic carbocycles. The third-order valence-corrected chi connectivity index (χ3v) is 7.32. The quantitative estimate of drug-likeness (QED) is 0.750. The first kappa shape index (κ1) is 20.9. The van der Waals surface area contributed by atoms with E-state index in [0.717, 1.165) is 5.75 Å². The summed E-state index contributed by atoms with van der Waals surface area (Å²) in [5.74, 6) is 1.40. The molecule has 0 bridgehead atoms. The molecule has 5 nitrogen and oxygen atoms in total. The van der Waals surface area contributed by atoms with E-state index in [1.807, 2.05) is 11.0 Å². The van der Waals surface area contributed by atoms with Gasteiger partial charge in [-0.2, -0.15) is 0 Å². The topological polar surface area (TPSA) is 66.5 Å². The van der Waals surface area contributed by atoms with Crippen molar-refractivity contribution >= 4 is 27.7 Å². The van der Waals surface area contributed by atoms with E-state index in [1.54, 1.807) is 42.1 Å². The number of sulfonamides is 1. The lowest BCUT2D eigenvalue weighted by Gasteiger charge is -2.32. The Bertz CT molecular complexity index is 893. The lowest BCUT2D eigenvalue weighted by atomic mass is 10.1. The van der Waals surface area contributed by atoms with Crippen LogP contribution in [0.15, 0.2) is 59.5 Å². The third-order valence-electron chi connectivity index (χ3n) is 4.80. The molecule has 1 heterocycles. The average Bonchev–Trinajstić information content (AvgIpc) is 2.69. The minimum absolute atomic E-state index is 0.127. The number of likely N-dealkylation sites (tertiary alicyclic amines) is 1. The van der Waals surface area contributed by atoms with Gasteiger partial charge in [0.1, 0.15) is 0 Å². The number of hydrogen-bond acceptors (Lipinski definition) is 4. The minimum Gasteiger partial charge on any atom is -0.342 e. The number of rotatable bonds is 7. The van der Waals surface area contributed by atoms with Crippen LogP contribution in [0.2, 0.25) is 0 Å². The molecule has 1 amide bonds. The number of piperidine rings is 1. The number of thioether (sulfide) groups is 1. The summed E-state index contributed by atoms with van der Waals surface area (Å²) in [6.07, 6.45) is 1.28. The fourth-order valence-corrected chi connectivity index (χ4v) is 5.48. The van der Waals surface area contributed by atoms with Crippen molar-refractivity contribution in [3.05, 3.63) is 65.7 Å². The summed E-state index contributed by atoms with van der Waals surface area (Å²) in [6.45, 7) is 3.24. The second-order valence-corrected chi connectivity index (χ2v) is 9.77. The first-order valence-electron chi connectivity index (χ1n) is 9.42. The van der Waals surface area contributed by atoms with Crippen LogP contribution in [0.1, 0.15) is 24.0 Å². The Hall–Kier alpha value is -1.83. The summed E-state index contributed by atoms with van der Waals surface area (Å²) >= 11 is 1.62. The van der Waals surface area contributed by atoms with Gasteiger partial charge < -0.3 is 4.90 Å². The fraction of sp³-hybridized carbons (Fsp3) is 0.381. The molecule has 0 saturated carbocycles. The summed E-state index contributed by atoms with van der Waals surface area (Å²) in [7, 11) is -3.50. The van der Waals surface area contributed by atoms with E-state index in [0.29, 0.717) is 31.7 Å². The molecule has 7 heteroatoms. The van der Waals surface area contributed by atoms with E-state index < -0.39 is 10.0 Å². The van der Waals surface area contributed by atoms with E-state index in [2.05, 4.69) is 29.8 Å². The number of carbonyl (C=O) groups is 1. The molecule has 0 unspecified atom stereocenters. The molecule has 0 aromatic heterocycles. The van der Waals surface area contributed by atoms with Crippen LogP contribution in [0.3, 0.4) is 0 Å². The highest BCUT2D eigenvalue weighted by Crippen LogP contribution is 2.18. The van der Waals surface area contributed by atoms with Crippen molar-refractivity contribution in [2.75, 3.05) is 18.8 Å². The first-order valence-corrected chi connectivity index (χ1v) is 12.1. The summed E-state index contributed by atoms with van der Waals surface area (Å²) in [4.78, 5) is 14.6. The second-order valence-electron chi connectivity index (χ2n) is 7.07. The van der Waals surface area contributed by atoms with E-state index in [1.165, 1.54) is 11.1 Å². The number of amides is 1. The van der Waals surface area contributed by atoms with E-state index in [-0.39, 0.29) is 16.8 Å². The molecule has 2 aromatic carbocycles. The van der Waals surface area contributed by atoms with Crippen molar-refractivity contribution in [1.29, 1.82) is 0 Å². The van der Waals surface area contributed by atoms with Gasteiger partial charge in [-0.25, -0.2) is 13.1 Å². The molecule has 0 spiro atoms. The van der Waals surface area contributed by atoms with Gasteiger partial charge in [0.05, 0.1) is 10.6 Å². The molecule has 0 radical (unpaired) electrons. The normalized spacial score (nSPS) is 15.5. The number of benzene rings is 2. The lowest BCUT2D eigenvalue weighted by Crippen LogP contribution is -2.47. The van der Waals surface area contributed by atoms with Crippen molar-refractivity contribution in [1.82, 2.24) is 9.62 Å². The molecule has 150 valence electrons. The molecule has 1 fully saturated rings. The number of hydrogen-bond donors (Lipinski definition) is 1. The van der Waals surface area contributed by atoms with Gasteiger partial charge in [0.2, 0.25) is 15.9 Å². The van der Waals surface area contributed by atoms with Gasteiger partial charge in [-0.1, -0.05) is 48.0 Å². The SMILES string of the molecule is Cc1cccc(CSCC(=O)N2CCC(NS(=O)(=O)c3ccccc3)CC2)c1. The zero-order valence-electron chi connectivity index (χ0n) is 16.0. The number of aryl methyl sites for hydroxylation is 1. The van der Waals surface area contributed by atoms with Crippen LogP contribution in [0.5, 0.6) is 0 Å². The minimum atomic E-state index is -3.50. The van der Waals surface area contributed by atoms with Crippen LogP contribution in [0.25, 0.3) is 0 Å². The molecule has 3 rings (SSSR count). The Balaban J connectivity index is 1.42. The largest absolute Gasteiger partial charge is 0.342 e. The highest BCUT2D eigenvalue weighted by molar-refractivity contribution is 7.99. The van der Waals surface area contributed by atoms with Crippen molar-refractivity contribution in [3.8, 4) is 0 Å². The molecular formula is C21H26N2O3S2. The second kappa shape index (κ2) is 9.58. The van der Waals surface area contributed by atoms with Gasteiger partial charge in [-0.05, 0) is 37.5 Å². The maximum atomic E-state index is 12.4. The summed E-state index contributed by atoms with van der Waals surface area (Å²) < 4.78 is 27.6. The predicted molar refractivity (Wildman–Crippen MR) is 114 cm³/mol. The summed E-state index contributed by atoms with van der Waals surface area (Å²) in [5, 5.41) is 0. The van der Waals surface area contributed by atoms with Gasteiger partial charge in [-0.3, -0.25) is 4.79 Å². The smallest absolute Gasteiger partial charge is 0.240 e. The molecule has 1 saturated heterocycles. The van der Waals surface area contributed by atoms with Crippen molar-refractivity contribution in [2.45, 2.75) is 36.5 Å². The Labute approximate surface area is 171 Å². The molecule has 1 N–H and O–H groups in total. The van der Waals surface area contributed by atoms with Crippen LogP contribution in [0.4, 0.5) is 0 Å². The molecule has 2 aromatic rings. The van der Waals surface area contributed by atoms with Crippen molar-refractivity contribution < 1.29 is 13.2 Å².